The summed E-state index contributed by atoms with van der Waals surface area (Å²) in [6, 6.07) is 13.1. The zero-order valence-electron chi connectivity index (χ0n) is 12.5. The third-order valence-electron chi connectivity index (χ3n) is 3.67. The van der Waals surface area contributed by atoms with Gasteiger partial charge in [0.25, 0.3) is 0 Å². The van der Waals surface area contributed by atoms with Crippen molar-refractivity contribution in [3.63, 3.8) is 0 Å². The van der Waals surface area contributed by atoms with Crippen molar-refractivity contribution in [3.8, 4) is 0 Å². The van der Waals surface area contributed by atoms with Gasteiger partial charge in [0.2, 0.25) is 0 Å². The van der Waals surface area contributed by atoms with Crippen LogP contribution in [0.5, 0.6) is 0 Å². The van der Waals surface area contributed by atoms with Gasteiger partial charge in [0.05, 0.1) is 0 Å². The highest BCUT2D eigenvalue weighted by Crippen LogP contribution is 2.27. The minimum atomic E-state index is -0.237. The molecule has 0 bridgehead atoms. The lowest BCUT2D eigenvalue weighted by atomic mass is 9.95. The Labute approximate surface area is 131 Å². The summed E-state index contributed by atoms with van der Waals surface area (Å²) in [4.78, 5) is 0. The van der Waals surface area contributed by atoms with Crippen LogP contribution in [0.4, 0.5) is 4.39 Å². The van der Waals surface area contributed by atoms with Gasteiger partial charge in [0.15, 0.2) is 0 Å². The van der Waals surface area contributed by atoms with Gasteiger partial charge < -0.3 is 5.32 Å². The number of halogens is 2. The molecule has 0 saturated carbocycles. The molecule has 2 aromatic rings. The fourth-order valence-corrected chi connectivity index (χ4v) is 2.76. The van der Waals surface area contributed by atoms with Crippen molar-refractivity contribution in [2.24, 2.45) is 0 Å². The van der Waals surface area contributed by atoms with Crippen LogP contribution in [-0.4, -0.2) is 6.54 Å². The molecule has 0 aromatic heterocycles. The van der Waals surface area contributed by atoms with E-state index in [-0.39, 0.29) is 11.9 Å². The van der Waals surface area contributed by atoms with Crippen LogP contribution in [0.1, 0.15) is 36.1 Å². The van der Waals surface area contributed by atoms with E-state index in [1.807, 2.05) is 12.1 Å². The topological polar surface area (TPSA) is 12.0 Å². The minimum Gasteiger partial charge on any atom is -0.310 e. The molecule has 112 valence electrons. The van der Waals surface area contributed by atoms with Crippen LogP contribution in [0.3, 0.4) is 0 Å². The van der Waals surface area contributed by atoms with Crippen molar-refractivity contribution in [3.05, 3.63) is 70.0 Å². The zero-order chi connectivity index (χ0) is 15.2. The summed E-state index contributed by atoms with van der Waals surface area (Å²) >= 11 is 6.17. The van der Waals surface area contributed by atoms with Crippen molar-refractivity contribution < 1.29 is 4.39 Å². The summed E-state index contributed by atoms with van der Waals surface area (Å²) < 4.78 is 14.0. The predicted octanol–water partition coefficient (Wildman–Crippen LogP) is 5.07. The number of aryl methyl sites for hydroxylation is 1. The molecule has 2 aromatic carbocycles. The molecule has 1 atom stereocenters. The average molecular weight is 306 g/mol. The maximum absolute atomic E-state index is 14.0. The second kappa shape index (κ2) is 7.58. The molecule has 0 fully saturated rings. The van der Waals surface area contributed by atoms with E-state index in [2.05, 4.69) is 31.3 Å². The smallest absolute Gasteiger partial charge is 0.127 e. The predicted molar refractivity (Wildman–Crippen MR) is 87.3 cm³/mol. The first kappa shape index (κ1) is 16.0. The molecule has 21 heavy (non-hydrogen) atoms. The van der Waals surface area contributed by atoms with Crippen molar-refractivity contribution in [2.45, 2.75) is 32.7 Å². The lowest BCUT2D eigenvalue weighted by Gasteiger charge is -2.22. The van der Waals surface area contributed by atoms with Gasteiger partial charge in [0.1, 0.15) is 5.82 Å². The second-order valence-corrected chi connectivity index (χ2v) is 5.67. The van der Waals surface area contributed by atoms with E-state index in [1.165, 1.54) is 17.2 Å². The van der Waals surface area contributed by atoms with Crippen molar-refractivity contribution >= 4 is 11.6 Å². The molecule has 0 saturated heterocycles. The molecule has 0 aliphatic carbocycles. The highest BCUT2D eigenvalue weighted by Gasteiger charge is 2.17. The van der Waals surface area contributed by atoms with E-state index in [4.69, 9.17) is 11.6 Å². The Morgan fingerprint density at radius 2 is 1.90 bits per heavy atom. The van der Waals surface area contributed by atoms with Crippen LogP contribution in [-0.2, 0) is 6.42 Å². The first-order chi connectivity index (χ1) is 10.1. The zero-order valence-corrected chi connectivity index (χ0v) is 13.3. The van der Waals surface area contributed by atoms with Crippen molar-refractivity contribution in [2.75, 3.05) is 6.54 Å². The van der Waals surface area contributed by atoms with Crippen LogP contribution >= 0.6 is 11.6 Å². The quantitative estimate of drug-likeness (QED) is 0.785. The number of hydrogen-bond donors (Lipinski definition) is 1. The molecule has 1 nitrogen and oxygen atoms in total. The van der Waals surface area contributed by atoms with Gasteiger partial charge in [0, 0.05) is 16.6 Å². The summed E-state index contributed by atoms with van der Waals surface area (Å²) in [5, 5.41) is 4.00. The Morgan fingerprint density at radius 1 is 1.14 bits per heavy atom. The molecule has 1 unspecified atom stereocenters. The summed E-state index contributed by atoms with van der Waals surface area (Å²) in [5.41, 5.74) is 2.99. The van der Waals surface area contributed by atoms with Gasteiger partial charge in [-0.15, -0.1) is 0 Å². The van der Waals surface area contributed by atoms with Crippen LogP contribution in [0.25, 0.3) is 0 Å². The number of benzene rings is 2. The van der Waals surface area contributed by atoms with E-state index < -0.39 is 0 Å². The minimum absolute atomic E-state index is 0.0700. The molecule has 1 N–H and O–H groups in total. The van der Waals surface area contributed by atoms with Gasteiger partial charge in [-0.25, -0.2) is 4.39 Å². The van der Waals surface area contributed by atoms with Crippen LogP contribution in [0.2, 0.25) is 5.02 Å². The monoisotopic (exact) mass is 305 g/mol. The maximum Gasteiger partial charge on any atom is 0.127 e. The van der Waals surface area contributed by atoms with Crippen LogP contribution in [0.15, 0.2) is 42.5 Å². The maximum atomic E-state index is 14.0. The van der Waals surface area contributed by atoms with E-state index in [9.17, 15) is 4.39 Å². The van der Waals surface area contributed by atoms with Gasteiger partial charge in [-0.2, -0.15) is 0 Å². The lowest BCUT2D eigenvalue weighted by molar-refractivity contribution is 0.511. The Bertz CT molecular complexity index is 577. The Hall–Kier alpha value is -1.38. The average Bonchev–Trinajstić information content (AvgIpc) is 2.47. The third kappa shape index (κ3) is 4.05. The van der Waals surface area contributed by atoms with E-state index in [1.54, 1.807) is 12.1 Å². The molecule has 0 amide bonds. The highest BCUT2D eigenvalue weighted by atomic mass is 35.5. The molecule has 2 rings (SSSR count). The number of hydrogen-bond acceptors (Lipinski definition) is 1. The lowest BCUT2D eigenvalue weighted by Crippen LogP contribution is -2.25. The van der Waals surface area contributed by atoms with Gasteiger partial charge in [-0.3, -0.25) is 0 Å². The van der Waals surface area contributed by atoms with Crippen molar-refractivity contribution in [1.29, 1.82) is 0 Å². The fourth-order valence-electron chi connectivity index (χ4n) is 2.52. The second-order valence-electron chi connectivity index (χ2n) is 5.27. The summed E-state index contributed by atoms with van der Waals surface area (Å²) in [5.74, 6) is -0.237. The Kier molecular flexibility index (Phi) is 5.77. The van der Waals surface area contributed by atoms with Gasteiger partial charge in [-0.05, 0) is 49.6 Å². The van der Waals surface area contributed by atoms with Gasteiger partial charge >= 0.3 is 0 Å². The third-order valence-corrected chi connectivity index (χ3v) is 4.03. The molecule has 0 aliphatic rings. The van der Waals surface area contributed by atoms with E-state index in [0.29, 0.717) is 17.0 Å². The van der Waals surface area contributed by atoms with Crippen LogP contribution in [0, 0.1) is 12.7 Å². The SMILES string of the molecule is CCCNC(Cc1c(F)cccc1Cl)c1ccccc1C. The van der Waals surface area contributed by atoms with Gasteiger partial charge in [-0.1, -0.05) is 48.9 Å². The molecule has 0 spiro atoms. The molecule has 0 radical (unpaired) electrons. The molecular formula is C18H21ClFN. The van der Waals surface area contributed by atoms with E-state index in [0.717, 1.165) is 13.0 Å². The molecule has 0 heterocycles. The standard InChI is InChI=1S/C18H21ClFN/c1-3-11-21-18(14-8-5-4-7-13(14)2)12-15-16(19)9-6-10-17(15)20/h4-10,18,21H,3,11-12H2,1-2H3. The summed E-state index contributed by atoms with van der Waals surface area (Å²) in [6.45, 7) is 5.10. The largest absolute Gasteiger partial charge is 0.310 e. The number of rotatable bonds is 6. The first-order valence-electron chi connectivity index (χ1n) is 7.35. The first-order valence-corrected chi connectivity index (χ1v) is 7.73. The van der Waals surface area contributed by atoms with E-state index >= 15 is 0 Å². The fraction of sp³-hybridized carbons (Fsp3) is 0.333. The molecular weight excluding hydrogens is 285 g/mol. The molecule has 3 heteroatoms. The summed E-state index contributed by atoms with van der Waals surface area (Å²) in [6.07, 6.45) is 1.59. The van der Waals surface area contributed by atoms with Crippen molar-refractivity contribution in [1.82, 2.24) is 5.32 Å². The molecule has 0 aliphatic heterocycles. The summed E-state index contributed by atoms with van der Waals surface area (Å²) in [7, 11) is 0. The Morgan fingerprint density at radius 3 is 2.57 bits per heavy atom. The number of nitrogens with one attached hydrogen (secondary N) is 1. The Balaban J connectivity index is 2.31. The highest BCUT2D eigenvalue weighted by molar-refractivity contribution is 6.31. The normalized spacial score (nSPS) is 12.4. The van der Waals surface area contributed by atoms with Crippen LogP contribution < -0.4 is 5.32 Å².